The minimum atomic E-state index is 0.397. The van der Waals surface area contributed by atoms with Gasteiger partial charge in [-0.3, -0.25) is 4.57 Å². The molecule has 94 valence electrons. The summed E-state index contributed by atoms with van der Waals surface area (Å²) >= 11 is 7.68. The van der Waals surface area contributed by atoms with Gasteiger partial charge in [0.1, 0.15) is 11.3 Å². The van der Waals surface area contributed by atoms with Gasteiger partial charge in [-0.1, -0.05) is 0 Å². The zero-order chi connectivity index (χ0) is 12.7. The molecule has 0 aliphatic carbocycles. The van der Waals surface area contributed by atoms with Crippen molar-refractivity contribution >= 4 is 34.1 Å². The maximum absolute atomic E-state index is 6.02. The fourth-order valence-corrected chi connectivity index (χ4v) is 2.98. The lowest BCUT2D eigenvalue weighted by atomic mass is 10.4. The molecule has 4 nitrogen and oxygen atoms in total. The van der Waals surface area contributed by atoms with Gasteiger partial charge in [0.25, 0.3) is 0 Å². The number of aromatic nitrogens is 4. The van der Waals surface area contributed by atoms with E-state index in [1.54, 1.807) is 11.3 Å². The van der Waals surface area contributed by atoms with E-state index < -0.39 is 0 Å². The summed E-state index contributed by atoms with van der Waals surface area (Å²) in [5.41, 5.74) is 4.03. The van der Waals surface area contributed by atoms with Crippen molar-refractivity contribution in [1.82, 2.24) is 19.3 Å². The number of hydrogen-bond acceptors (Lipinski definition) is 3. The highest BCUT2D eigenvalue weighted by atomic mass is 35.5. The second-order valence-electron chi connectivity index (χ2n) is 4.05. The van der Waals surface area contributed by atoms with Crippen LogP contribution in [0.4, 0.5) is 0 Å². The standard InChI is InChI=1S/C12H13ClN4S/c1-3-16-12-11(8(2)15-16)14-10(6-13)17(12)9-4-5-18-7-9/h4-5,7H,3,6H2,1-2H3. The van der Waals surface area contributed by atoms with E-state index >= 15 is 0 Å². The van der Waals surface area contributed by atoms with Crippen LogP contribution in [-0.2, 0) is 12.4 Å². The fourth-order valence-electron chi connectivity index (χ4n) is 2.18. The predicted molar refractivity (Wildman–Crippen MR) is 74.7 cm³/mol. The van der Waals surface area contributed by atoms with Gasteiger partial charge in [-0.15, -0.1) is 11.6 Å². The number of rotatable bonds is 3. The van der Waals surface area contributed by atoms with Crippen molar-refractivity contribution in [1.29, 1.82) is 0 Å². The van der Waals surface area contributed by atoms with Crippen molar-refractivity contribution < 1.29 is 0 Å². The summed E-state index contributed by atoms with van der Waals surface area (Å²) in [5.74, 6) is 1.26. The molecule has 3 heterocycles. The van der Waals surface area contributed by atoms with Gasteiger partial charge < -0.3 is 0 Å². The molecule has 0 radical (unpaired) electrons. The van der Waals surface area contributed by atoms with Gasteiger partial charge >= 0.3 is 0 Å². The van der Waals surface area contributed by atoms with Crippen LogP contribution in [0.15, 0.2) is 16.8 Å². The zero-order valence-electron chi connectivity index (χ0n) is 10.2. The molecule has 0 fully saturated rings. The van der Waals surface area contributed by atoms with Gasteiger partial charge in [-0.2, -0.15) is 16.4 Å². The lowest BCUT2D eigenvalue weighted by Crippen LogP contribution is -2.05. The van der Waals surface area contributed by atoms with E-state index in [2.05, 4.69) is 38.4 Å². The first kappa shape index (κ1) is 11.7. The molecular weight excluding hydrogens is 268 g/mol. The Morgan fingerprint density at radius 1 is 1.44 bits per heavy atom. The van der Waals surface area contributed by atoms with Gasteiger partial charge in [0.2, 0.25) is 0 Å². The molecule has 3 rings (SSSR count). The predicted octanol–water partition coefficient (Wildman–Crippen LogP) is 3.35. The topological polar surface area (TPSA) is 35.6 Å². The minimum absolute atomic E-state index is 0.397. The Bertz CT molecular complexity index is 681. The van der Waals surface area contributed by atoms with Gasteiger partial charge in [0.15, 0.2) is 5.65 Å². The first-order valence-corrected chi connectivity index (χ1v) is 7.27. The third-order valence-corrected chi connectivity index (χ3v) is 3.87. The van der Waals surface area contributed by atoms with Gasteiger partial charge in [0.05, 0.1) is 17.3 Å². The quantitative estimate of drug-likeness (QED) is 0.690. The molecule has 3 aromatic rings. The smallest absolute Gasteiger partial charge is 0.163 e. The largest absolute Gasteiger partial charge is 0.279 e. The number of hydrogen-bond donors (Lipinski definition) is 0. The average molecular weight is 281 g/mol. The van der Waals surface area contributed by atoms with Crippen molar-refractivity contribution in [3.8, 4) is 5.69 Å². The van der Waals surface area contributed by atoms with Crippen molar-refractivity contribution in [2.45, 2.75) is 26.3 Å². The Kier molecular flexibility index (Phi) is 2.87. The van der Waals surface area contributed by atoms with Crippen LogP contribution in [0.2, 0.25) is 0 Å². The summed E-state index contributed by atoms with van der Waals surface area (Å²) in [4.78, 5) is 4.61. The third kappa shape index (κ3) is 1.58. The monoisotopic (exact) mass is 280 g/mol. The van der Waals surface area contributed by atoms with E-state index in [4.69, 9.17) is 11.6 Å². The summed E-state index contributed by atoms with van der Waals surface area (Å²) in [6.45, 7) is 4.89. The maximum Gasteiger partial charge on any atom is 0.163 e. The molecule has 0 aliphatic rings. The normalized spacial score (nSPS) is 11.5. The number of nitrogens with zero attached hydrogens (tertiary/aromatic N) is 4. The SMILES string of the molecule is CCn1nc(C)c2nc(CCl)n(-c3ccsc3)c21. The molecule has 0 unspecified atom stereocenters. The lowest BCUT2D eigenvalue weighted by Gasteiger charge is -2.06. The van der Waals surface area contributed by atoms with Crippen LogP contribution in [0, 0.1) is 6.92 Å². The molecular formula is C12H13ClN4S. The number of fused-ring (bicyclic) bond motifs is 1. The van der Waals surface area contributed by atoms with Crippen LogP contribution in [0.3, 0.4) is 0 Å². The van der Waals surface area contributed by atoms with E-state index in [9.17, 15) is 0 Å². The molecule has 0 saturated carbocycles. The first-order chi connectivity index (χ1) is 8.76. The van der Waals surface area contributed by atoms with Crippen LogP contribution in [0.1, 0.15) is 18.4 Å². The van der Waals surface area contributed by atoms with Gasteiger partial charge in [0, 0.05) is 11.9 Å². The van der Waals surface area contributed by atoms with Crippen LogP contribution in [-0.4, -0.2) is 19.3 Å². The van der Waals surface area contributed by atoms with Crippen LogP contribution >= 0.6 is 22.9 Å². The highest BCUT2D eigenvalue weighted by Gasteiger charge is 2.18. The van der Waals surface area contributed by atoms with E-state index in [1.807, 2.05) is 11.6 Å². The van der Waals surface area contributed by atoms with Crippen molar-refractivity contribution in [3.63, 3.8) is 0 Å². The molecule has 18 heavy (non-hydrogen) atoms. The Morgan fingerprint density at radius 3 is 2.89 bits per heavy atom. The first-order valence-electron chi connectivity index (χ1n) is 5.79. The lowest BCUT2D eigenvalue weighted by molar-refractivity contribution is 0.660. The molecule has 0 bridgehead atoms. The van der Waals surface area contributed by atoms with Gasteiger partial charge in [-0.25, -0.2) is 9.67 Å². The molecule has 3 aromatic heterocycles. The summed E-state index contributed by atoms with van der Waals surface area (Å²) in [6.07, 6.45) is 0. The number of aryl methyl sites for hydroxylation is 2. The van der Waals surface area contributed by atoms with Crippen molar-refractivity contribution in [2.75, 3.05) is 0 Å². The number of thiophene rings is 1. The third-order valence-electron chi connectivity index (χ3n) is 2.96. The Labute approximate surface area is 114 Å². The van der Waals surface area contributed by atoms with Crippen LogP contribution in [0.5, 0.6) is 0 Å². The summed E-state index contributed by atoms with van der Waals surface area (Å²) in [7, 11) is 0. The van der Waals surface area contributed by atoms with Gasteiger partial charge in [-0.05, 0) is 25.3 Å². The fraction of sp³-hybridized carbons (Fsp3) is 0.333. The molecule has 0 atom stereocenters. The Morgan fingerprint density at radius 2 is 2.28 bits per heavy atom. The molecule has 0 aromatic carbocycles. The number of imidazole rings is 1. The van der Waals surface area contributed by atoms with E-state index in [1.165, 1.54) is 0 Å². The van der Waals surface area contributed by atoms with E-state index in [-0.39, 0.29) is 0 Å². The highest BCUT2D eigenvalue weighted by molar-refractivity contribution is 7.08. The Balaban J connectivity index is 2.39. The highest BCUT2D eigenvalue weighted by Crippen LogP contribution is 2.26. The molecule has 0 aliphatic heterocycles. The van der Waals surface area contributed by atoms with Crippen LogP contribution in [0.25, 0.3) is 16.9 Å². The summed E-state index contributed by atoms with van der Waals surface area (Å²) in [6, 6.07) is 2.07. The molecule has 6 heteroatoms. The molecule has 0 saturated heterocycles. The minimum Gasteiger partial charge on any atom is -0.279 e. The molecule has 0 amide bonds. The second-order valence-corrected chi connectivity index (χ2v) is 5.10. The van der Waals surface area contributed by atoms with Crippen LogP contribution < -0.4 is 0 Å². The zero-order valence-corrected chi connectivity index (χ0v) is 11.8. The van der Waals surface area contributed by atoms with Crippen molar-refractivity contribution in [3.05, 3.63) is 28.3 Å². The average Bonchev–Trinajstić information content (AvgIpc) is 3.05. The number of alkyl halides is 1. The number of halogens is 1. The second kappa shape index (κ2) is 4.40. The molecule has 0 N–H and O–H groups in total. The van der Waals surface area contributed by atoms with E-state index in [0.29, 0.717) is 5.88 Å². The Hall–Kier alpha value is -1.33. The van der Waals surface area contributed by atoms with E-state index in [0.717, 1.165) is 34.9 Å². The molecule has 0 spiro atoms. The summed E-state index contributed by atoms with van der Waals surface area (Å²) in [5, 5.41) is 8.66. The summed E-state index contributed by atoms with van der Waals surface area (Å²) < 4.78 is 4.08. The maximum atomic E-state index is 6.02. The van der Waals surface area contributed by atoms with Crippen molar-refractivity contribution in [2.24, 2.45) is 0 Å².